The molecular formula is C20H31N7O. The standard InChI is InChI=1S/C20H31N7O/c1-16(2)12-26-9-5-17-19(23-14-22-17)20(26)6-10-25(11-7-20)18(28)4-3-8-27-15-21-13-24-27/h13-16H,3-12H2,1-2H3,(H,22,23). The Labute approximate surface area is 166 Å². The molecule has 0 unspecified atom stereocenters. The van der Waals surface area contributed by atoms with Gasteiger partial charge in [-0.25, -0.2) is 9.97 Å². The van der Waals surface area contributed by atoms with Crippen LogP contribution >= 0.6 is 0 Å². The van der Waals surface area contributed by atoms with Crippen LogP contribution in [0.25, 0.3) is 0 Å². The first-order valence-corrected chi connectivity index (χ1v) is 10.5. The van der Waals surface area contributed by atoms with Crippen LogP contribution in [0.15, 0.2) is 19.0 Å². The third-order valence-electron chi connectivity index (χ3n) is 6.17. The summed E-state index contributed by atoms with van der Waals surface area (Å²) < 4.78 is 1.78. The summed E-state index contributed by atoms with van der Waals surface area (Å²) in [5, 5.41) is 4.10. The van der Waals surface area contributed by atoms with Crippen LogP contribution in [0.2, 0.25) is 0 Å². The van der Waals surface area contributed by atoms with Crippen molar-refractivity contribution >= 4 is 5.91 Å². The molecule has 2 aromatic heterocycles. The summed E-state index contributed by atoms with van der Waals surface area (Å²) in [7, 11) is 0. The van der Waals surface area contributed by atoms with Gasteiger partial charge in [0.05, 0.1) is 17.6 Å². The second kappa shape index (κ2) is 8.03. The van der Waals surface area contributed by atoms with Crippen molar-refractivity contribution in [1.29, 1.82) is 0 Å². The first-order chi connectivity index (χ1) is 13.6. The number of rotatable bonds is 6. The summed E-state index contributed by atoms with van der Waals surface area (Å²) in [6.07, 6.45) is 9.40. The monoisotopic (exact) mass is 385 g/mol. The Morgan fingerprint density at radius 2 is 2.11 bits per heavy atom. The average molecular weight is 386 g/mol. The van der Waals surface area contributed by atoms with Gasteiger partial charge in [-0.05, 0) is 25.2 Å². The zero-order chi connectivity index (χ0) is 19.6. The predicted octanol–water partition coefficient (Wildman–Crippen LogP) is 1.81. The van der Waals surface area contributed by atoms with Crippen LogP contribution in [0, 0.1) is 5.92 Å². The highest BCUT2D eigenvalue weighted by molar-refractivity contribution is 5.76. The fourth-order valence-electron chi connectivity index (χ4n) is 4.81. The molecule has 0 bridgehead atoms. The Morgan fingerprint density at radius 3 is 2.82 bits per heavy atom. The molecule has 0 aliphatic carbocycles. The molecule has 2 aromatic rings. The molecule has 0 saturated carbocycles. The molecule has 8 nitrogen and oxygen atoms in total. The number of carbonyl (C=O) groups is 1. The molecule has 0 aromatic carbocycles. The predicted molar refractivity (Wildman–Crippen MR) is 105 cm³/mol. The van der Waals surface area contributed by atoms with Gasteiger partial charge in [-0.2, -0.15) is 5.10 Å². The highest BCUT2D eigenvalue weighted by Gasteiger charge is 2.47. The number of aryl methyl sites for hydroxylation is 1. The quantitative estimate of drug-likeness (QED) is 0.820. The first kappa shape index (κ1) is 19.1. The van der Waals surface area contributed by atoms with Gasteiger partial charge in [0.15, 0.2) is 0 Å². The Bertz CT molecular complexity index is 774. The summed E-state index contributed by atoms with van der Waals surface area (Å²) in [4.78, 5) is 29.4. The van der Waals surface area contributed by atoms with Crippen LogP contribution < -0.4 is 0 Å². The Morgan fingerprint density at radius 1 is 1.29 bits per heavy atom. The second-order valence-corrected chi connectivity index (χ2v) is 8.49. The lowest BCUT2D eigenvalue weighted by Gasteiger charge is -2.51. The third-order valence-corrected chi connectivity index (χ3v) is 6.17. The summed E-state index contributed by atoms with van der Waals surface area (Å²) in [6, 6.07) is 0. The number of nitrogens with one attached hydrogen (secondary N) is 1. The highest BCUT2D eigenvalue weighted by Crippen LogP contribution is 2.42. The lowest BCUT2D eigenvalue weighted by Crippen LogP contribution is -2.57. The van der Waals surface area contributed by atoms with E-state index in [-0.39, 0.29) is 11.4 Å². The number of hydrogen-bond acceptors (Lipinski definition) is 5. The normalized spacial score (nSPS) is 19.3. The third kappa shape index (κ3) is 3.70. The van der Waals surface area contributed by atoms with Gasteiger partial charge in [-0.15, -0.1) is 0 Å². The Balaban J connectivity index is 1.39. The number of likely N-dealkylation sites (tertiary alicyclic amines) is 1. The van der Waals surface area contributed by atoms with Crippen LogP contribution in [0.5, 0.6) is 0 Å². The van der Waals surface area contributed by atoms with Crippen LogP contribution in [0.3, 0.4) is 0 Å². The molecule has 1 amide bonds. The van der Waals surface area contributed by atoms with Crippen LogP contribution in [0.1, 0.15) is 50.9 Å². The molecule has 4 heterocycles. The van der Waals surface area contributed by atoms with E-state index in [4.69, 9.17) is 4.98 Å². The van der Waals surface area contributed by atoms with Gasteiger partial charge in [-0.3, -0.25) is 14.4 Å². The second-order valence-electron chi connectivity index (χ2n) is 8.49. The van der Waals surface area contributed by atoms with Gasteiger partial charge in [0, 0.05) is 51.3 Å². The molecule has 1 fully saturated rings. The van der Waals surface area contributed by atoms with Gasteiger partial charge in [0.1, 0.15) is 12.7 Å². The van der Waals surface area contributed by atoms with Crippen LogP contribution in [0.4, 0.5) is 0 Å². The molecule has 1 saturated heterocycles. The molecule has 28 heavy (non-hydrogen) atoms. The molecule has 2 aliphatic heterocycles. The van der Waals surface area contributed by atoms with Gasteiger partial charge < -0.3 is 9.88 Å². The zero-order valence-electron chi connectivity index (χ0n) is 17.0. The Hall–Kier alpha value is -2.22. The van der Waals surface area contributed by atoms with Gasteiger partial charge in [-0.1, -0.05) is 13.8 Å². The summed E-state index contributed by atoms with van der Waals surface area (Å²) in [5.41, 5.74) is 2.49. The molecule has 1 N–H and O–H groups in total. The highest BCUT2D eigenvalue weighted by atomic mass is 16.2. The van der Waals surface area contributed by atoms with Gasteiger partial charge in [0.2, 0.25) is 5.91 Å². The van der Waals surface area contributed by atoms with E-state index in [1.54, 1.807) is 11.0 Å². The summed E-state index contributed by atoms with van der Waals surface area (Å²) >= 11 is 0. The minimum Gasteiger partial charge on any atom is -0.348 e. The number of nitrogens with zero attached hydrogens (tertiary/aromatic N) is 6. The molecule has 152 valence electrons. The fraction of sp³-hybridized carbons (Fsp3) is 0.700. The topological polar surface area (TPSA) is 82.9 Å². The first-order valence-electron chi connectivity index (χ1n) is 10.5. The van der Waals surface area contributed by atoms with Crippen molar-refractivity contribution in [3.63, 3.8) is 0 Å². The number of aromatic amines is 1. The maximum atomic E-state index is 12.7. The van der Waals surface area contributed by atoms with Crippen molar-refractivity contribution in [3.05, 3.63) is 30.4 Å². The van der Waals surface area contributed by atoms with Crippen molar-refractivity contribution in [1.82, 2.24) is 34.5 Å². The maximum absolute atomic E-state index is 12.7. The van der Waals surface area contributed by atoms with Gasteiger partial charge in [0.25, 0.3) is 0 Å². The molecular weight excluding hydrogens is 354 g/mol. The number of hydrogen-bond donors (Lipinski definition) is 1. The lowest BCUT2D eigenvalue weighted by atomic mass is 9.78. The van der Waals surface area contributed by atoms with Gasteiger partial charge >= 0.3 is 0 Å². The number of piperidine rings is 1. The smallest absolute Gasteiger partial charge is 0.222 e. The summed E-state index contributed by atoms with van der Waals surface area (Å²) in [6.45, 7) is 9.06. The van der Waals surface area contributed by atoms with E-state index < -0.39 is 0 Å². The van der Waals surface area contributed by atoms with Crippen molar-refractivity contribution < 1.29 is 4.79 Å². The average Bonchev–Trinajstić information content (AvgIpc) is 3.36. The van der Waals surface area contributed by atoms with E-state index in [0.717, 1.165) is 58.4 Å². The SMILES string of the molecule is CC(C)CN1CCc2[nH]cnc2C12CCN(C(=O)CCCn1cncn1)CC2. The van der Waals surface area contributed by atoms with Crippen molar-refractivity contribution in [2.75, 3.05) is 26.2 Å². The van der Waals surface area contributed by atoms with E-state index in [9.17, 15) is 4.79 Å². The van der Waals surface area contributed by atoms with E-state index in [1.807, 2.05) is 11.2 Å². The fourth-order valence-corrected chi connectivity index (χ4v) is 4.81. The molecule has 1 spiro atoms. The Kier molecular flexibility index (Phi) is 5.48. The minimum atomic E-state index is -0.0185. The molecule has 8 heteroatoms. The van der Waals surface area contributed by atoms with Crippen LogP contribution in [-0.2, 0) is 23.3 Å². The van der Waals surface area contributed by atoms with Crippen molar-refractivity contribution in [2.24, 2.45) is 5.92 Å². The number of fused-ring (bicyclic) bond motifs is 2. The zero-order valence-corrected chi connectivity index (χ0v) is 17.0. The van der Waals surface area contributed by atoms with Crippen molar-refractivity contribution in [2.45, 2.75) is 58.0 Å². The lowest BCUT2D eigenvalue weighted by molar-refractivity contribution is -0.134. The number of H-pyrrole nitrogens is 1. The largest absolute Gasteiger partial charge is 0.348 e. The number of carbonyl (C=O) groups excluding carboxylic acids is 1. The number of amides is 1. The summed E-state index contributed by atoms with van der Waals surface area (Å²) in [5.74, 6) is 0.872. The van der Waals surface area contributed by atoms with Crippen LogP contribution in [-0.4, -0.2) is 66.6 Å². The van der Waals surface area contributed by atoms with E-state index >= 15 is 0 Å². The molecule has 0 radical (unpaired) electrons. The van der Waals surface area contributed by atoms with E-state index in [1.165, 1.54) is 17.7 Å². The molecule has 4 rings (SSSR count). The number of imidazole rings is 1. The van der Waals surface area contributed by atoms with E-state index in [0.29, 0.717) is 12.3 Å². The number of aromatic nitrogens is 5. The molecule has 0 atom stereocenters. The van der Waals surface area contributed by atoms with Crippen molar-refractivity contribution in [3.8, 4) is 0 Å². The minimum absolute atomic E-state index is 0.0185. The maximum Gasteiger partial charge on any atom is 0.222 e. The van der Waals surface area contributed by atoms with E-state index in [2.05, 4.69) is 33.8 Å². The molecule has 2 aliphatic rings.